The summed E-state index contributed by atoms with van der Waals surface area (Å²) in [6, 6.07) is 16.5. The topological polar surface area (TPSA) is 45.7 Å². The normalized spacial score (nSPS) is 13.5. The van der Waals surface area contributed by atoms with Crippen molar-refractivity contribution in [2.45, 2.75) is 0 Å². The molecule has 1 N–H and O–H groups in total. The van der Waals surface area contributed by atoms with Gasteiger partial charge in [0.25, 0.3) is 0 Å². The maximum Gasteiger partial charge on any atom is 0.142 e. The zero-order chi connectivity index (χ0) is 10.3. The van der Waals surface area contributed by atoms with Gasteiger partial charge in [0, 0.05) is 5.56 Å². The highest BCUT2D eigenvalue weighted by molar-refractivity contribution is 5.90. The van der Waals surface area contributed by atoms with Crippen LogP contribution in [0.4, 0.5) is 0 Å². The minimum atomic E-state index is 0.685. The molecule has 0 radical (unpaired) electrons. The quantitative estimate of drug-likeness (QED) is 0.754. The lowest BCUT2D eigenvalue weighted by atomic mass is 10.1. The van der Waals surface area contributed by atoms with Crippen LogP contribution in [0.15, 0.2) is 48.2 Å². The highest BCUT2D eigenvalue weighted by Crippen LogP contribution is 2.28. The van der Waals surface area contributed by atoms with Crippen LogP contribution in [0, 0.1) is 11.3 Å². The number of rotatable bonds is 1. The molecule has 0 aromatic heterocycles. The largest absolute Gasteiger partial charge is 0.342 e. The highest BCUT2D eigenvalue weighted by Gasteiger charge is 2.21. The number of nitrogens with one attached hydrogen (secondary N) is 1. The van der Waals surface area contributed by atoms with Crippen LogP contribution in [0.25, 0.3) is 16.5 Å². The Labute approximate surface area is 87.5 Å². The molecule has 0 atom stereocenters. The van der Waals surface area contributed by atoms with Crippen LogP contribution in [0.2, 0.25) is 0 Å². The van der Waals surface area contributed by atoms with Gasteiger partial charge in [-0.1, -0.05) is 36.4 Å². The Morgan fingerprint density at radius 3 is 2.53 bits per heavy atom. The Morgan fingerprint density at radius 2 is 1.80 bits per heavy atom. The van der Waals surface area contributed by atoms with Crippen molar-refractivity contribution in [1.82, 2.24) is 5.32 Å². The average Bonchev–Trinajstić information content (AvgIpc) is 3.08. The van der Waals surface area contributed by atoms with Gasteiger partial charge in [-0.2, -0.15) is 5.26 Å². The van der Waals surface area contributed by atoms with E-state index in [2.05, 4.69) is 35.7 Å². The summed E-state index contributed by atoms with van der Waals surface area (Å²) in [6.45, 7) is 0. The maximum atomic E-state index is 8.68. The van der Waals surface area contributed by atoms with Crippen LogP contribution in [-0.2, 0) is 0 Å². The minimum absolute atomic E-state index is 0.685. The van der Waals surface area contributed by atoms with Gasteiger partial charge in [0.2, 0.25) is 0 Å². The van der Waals surface area contributed by atoms with E-state index >= 15 is 0 Å². The van der Waals surface area contributed by atoms with Crippen molar-refractivity contribution in [3.05, 3.63) is 53.7 Å². The van der Waals surface area contributed by atoms with Gasteiger partial charge in [0.15, 0.2) is 0 Å². The molecule has 0 saturated carbocycles. The van der Waals surface area contributed by atoms with Gasteiger partial charge < -0.3 is 5.32 Å². The number of nitriles is 1. The Morgan fingerprint density at radius 1 is 1.00 bits per heavy atom. The second kappa shape index (κ2) is 2.86. The first-order valence-corrected chi connectivity index (χ1v) is 4.79. The molecule has 15 heavy (non-hydrogen) atoms. The fourth-order valence-electron chi connectivity index (χ4n) is 1.74. The van der Waals surface area contributed by atoms with Crippen molar-refractivity contribution in [1.29, 1.82) is 5.26 Å². The summed E-state index contributed by atoms with van der Waals surface area (Å²) in [4.78, 5) is 0. The van der Waals surface area contributed by atoms with E-state index in [9.17, 15) is 0 Å². The van der Waals surface area contributed by atoms with Crippen LogP contribution >= 0.6 is 0 Å². The Kier molecular flexibility index (Phi) is 1.54. The van der Waals surface area contributed by atoms with Crippen LogP contribution in [-0.4, -0.2) is 0 Å². The SMILES string of the molecule is N#CC1=C(c2ccc3ccccc3c2)N1. The zero-order valence-corrected chi connectivity index (χ0v) is 7.99. The lowest BCUT2D eigenvalue weighted by Crippen LogP contribution is -1.82. The smallest absolute Gasteiger partial charge is 0.142 e. The number of hydrogen-bond acceptors (Lipinski definition) is 2. The molecule has 0 saturated heterocycles. The molecule has 1 aliphatic rings. The van der Waals surface area contributed by atoms with E-state index in [4.69, 9.17) is 5.26 Å². The Balaban J connectivity index is 2.17. The summed E-state index contributed by atoms with van der Waals surface area (Å²) < 4.78 is 0. The van der Waals surface area contributed by atoms with E-state index in [-0.39, 0.29) is 0 Å². The van der Waals surface area contributed by atoms with E-state index in [1.165, 1.54) is 10.8 Å². The molecule has 0 bridgehead atoms. The molecule has 3 rings (SSSR count). The number of hydrogen-bond donors (Lipinski definition) is 1. The molecule has 2 nitrogen and oxygen atoms in total. The molecule has 1 heterocycles. The monoisotopic (exact) mass is 192 g/mol. The lowest BCUT2D eigenvalue weighted by Gasteiger charge is -1.98. The fourth-order valence-corrected chi connectivity index (χ4v) is 1.74. The summed E-state index contributed by atoms with van der Waals surface area (Å²) in [5.74, 6) is 0. The van der Waals surface area contributed by atoms with Gasteiger partial charge >= 0.3 is 0 Å². The van der Waals surface area contributed by atoms with Gasteiger partial charge in [-0.15, -0.1) is 0 Å². The van der Waals surface area contributed by atoms with Crippen molar-refractivity contribution < 1.29 is 0 Å². The van der Waals surface area contributed by atoms with Gasteiger partial charge in [-0.25, -0.2) is 0 Å². The molecule has 2 aromatic carbocycles. The Bertz CT molecular complexity index is 618. The van der Waals surface area contributed by atoms with E-state index < -0.39 is 0 Å². The predicted octanol–water partition coefficient (Wildman–Crippen LogP) is 2.64. The van der Waals surface area contributed by atoms with Crippen LogP contribution in [0.1, 0.15) is 5.56 Å². The molecule has 0 aliphatic carbocycles. The number of nitrogens with zero attached hydrogens (tertiary/aromatic N) is 1. The van der Waals surface area contributed by atoms with Gasteiger partial charge in [0.1, 0.15) is 11.8 Å². The van der Waals surface area contributed by atoms with Crippen LogP contribution in [0.3, 0.4) is 0 Å². The number of fused-ring (bicyclic) bond motifs is 1. The van der Waals surface area contributed by atoms with E-state index in [0.29, 0.717) is 5.70 Å². The second-order valence-electron chi connectivity index (χ2n) is 3.55. The maximum absolute atomic E-state index is 8.68. The first kappa shape index (κ1) is 8.07. The Hall–Kier alpha value is -2.27. The van der Waals surface area contributed by atoms with Crippen molar-refractivity contribution in [3.63, 3.8) is 0 Å². The van der Waals surface area contributed by atoms with Gasteiger partial charge in [0.05, 0.1) is 5.70 Å². The summed E-state index contributed by atoms with van der Waals surface area (Å²) >= 11 is 0. The van der Waals surface area contributed by atoms with E-state index in [1.54, 1.807) is 0 Å². The molecule has 0 spiro atoms. The summed E-state index contributed by atoms with van der Waals surface area (Å²) in [5.41, 5.74) is 2.73. The van der Waals surface area contributed by atoms with Gasteiger partial charge in [-0.05, 0) is 16.8 Å². The summed E-state index contributed by atoms with van der Waals surface area (Å²) in [5, 5.41) is 14.1. The second-order valence-corrected chi connectivity index (χ2v) is 3.55. The molecule has 0 amide bonds. The minimum Gasteiger partial charge on any atom is -0.342 e. The van der Waals surface area contributed by atoms with Crippen LogP contribution < -0.4 is 5.32 Å². The first-order chi connectivity index (χ1) is 7.38. The third-order valence-corrected chi connectivity index (χ3v) is 2.59. The third-order valence-electron chi connectivity index (χ3n) is 2.59. The number of benzene rings is 2. The molecule has 70 valence electrons. The van der Waals surface area contributed by atoms with E-state index in [0.717, 1.165) is 11.3 Å². The fraction of sp³-hybridized carbons (Fsp3) is 0. The molecule has 2 aromatic rings. The van der Waals surface area contributed by atoms with Crippen molar-refractivity contribution >= 4 is 16.5 Å². The zero-order valence-electron chi connectivity index (χ0n) is 7.99. The van der Waals surface area contributed by atoms with Crippen molar-refractivity contribution in [2.75, 3.05) is 0 Å². The molecule has 1 aliphatic heterocycles. The van der Waals surface area contributed by atoms with Gasteiger partial charge in [-0.3, -0.25) is 0 Å². The number of allylic oxidation sites excluding steroid dienone is 1. The standard InChI is InChI=1S/C13H8N2/c14-8-12-13(15-12)11-6-5-9-3-1-2-4-10(9)7-11/h1-7,15H. The summed E-state index contributed by atoms with van der Waals surface area (Å²) in [6.07, 6.45) is 0. The summed E-state index contributed by atoms with van der Waals surface area (Å²) in [7, 11) is 0. The van der Waals surface area contributed by atoms with E-state index in [1.807, 2.05) is 18.2 Å². The molecular formula is C13H8N2. The highest BCUT2D eigenvalue weighted by atomic mass is 15.0. The van der Waals surface area contributed by atoms with Crippen molar-refractivity contribution in [2.24, 2.45) is 0 Å². The predicted molar refractivity (Wildman–Crippen MR) is 59.6 cm³/mol. The first-order valence-electron chi connectivity index (χ1n) is 4.79. The molecule has 0 unspecified atom stereocenters. The molecule has 0 fully saturated rings. The average molecular weight is 192 g/mol. The molecular weight excluding hydrogens is 184 g/mol. The lowest BCUT2D eigenvalue weighted by molar-refractivity contribution is 1.36. The van der Waals surface area contributed by atoms with Crippen LogP contribution in [0.5, 0.6) is 0 Å². The molecule has 2 heteroatoms. The third kappa shape index (κ3) is 1.26. The van der Waals surface area contributed by atoms with Crippen molar-refractivity contribution in [3.8, 4) is 6.07 Å².